The largest absolute Gasteiger partial charge is 0.490 e. The maximum Gasteiger partial charge on any atom is 0.242 e. The molecule has 0 atom stereocenters. The zero-order chi connectivity index (χ0) is 17.7. The van der Waals surface area contributed by atoms with Gasteiger partial charge in [-0.15, -0.1) is 0 Å². The molecular formula is C16H17F2NO4S. The van der Waals surface area contributed by atoms with Crippen LogP contribution in [-0.2, 0) is 10.0 Å². The fourth-order valence-corrected chi connectivity index (χ4v) is 2.72. The van der Waals surface area contributed by atoms with Crippen LogP contribution in [0, 0.1) is 11.6 Å². The number of rotatable bonds is 7. The van der Waals surface area contributed by atoms with E-state index < -0.39 is 21.7 Å². The summed E-state index contributed by atoms with van der Waals surface area (Å²) in [4.78, 5) is 0.157. The van der Waals surface area contributed by atoms with Crippen molar-refractivity contribution < 1.29 is 26.7 Å². The summed E-state index contributed by atoms with van der Waals surface area (Å²) in [5.74, 6) is -1.07. The van der Waals surface area contributed by atoms with Crippen LogP contribution in [0.3, 0.4) is 0 Å². The molecule has 0 N–H and O–H groups in total. The summed E-state index contributed by atoms with van der Waals surface area (Å²) < 4.78 is 61.6. The molecule has 5 nitrogen and oxygen atoms in total. The molecule has 0 aromatic heterocycles. The van der Waals surface area contributed by atoms with Crippen LogP contribution in [0.5, 0.6) is 11.5 Å². The lowest BCUT2D eigenvalue weighted by Gasteiger charge is -2.12. The molecule has 0 saturated heterocycles. The summed E-state index contributed by atoms with van der Waals surface area (Å²) in [7, 11) is -0.582. The van der Waals surface area contributed by atoms with Crippen molar-refractivity contribution in [2.45, 2.75) is 4.90 Å². The Labute approximate surface area is 139 Å². The van der Waals surface area contributed by atoms with E-state index in [1.165, 1.54) is 44.4 Å². The van der Waals surface area contributed by atoms with Crippen LogP contribution in [-0.4, -0.2) is 40.0 Å². The average Bonchev–Trinajstić information content (AvgIpc) is 2.53. The van der Waals surface area contributed by atoms with Gasteiger partial charge in [0.25, 0.3) is 0 Å². The van der Waals surface area contributed by atoms with E-state index in [4.69, 9.17) is 9.47 Å². The van der Waals surface area contributed by atoms with Gasteiger partial charge in [0.05, 0.1) is 4.90 Å². The maximum atomic E-state index is 13.4. The Morgan fingerprint density at radius 2 is 1.58 bits per heavy atom. The van der Waals surface area contributed by atoms with E-state index in [0.29, 0.717) is 5.75 Å². The van der Waals surface area contributed by atoms with Crippen LogP contribution in [0.15, 0.2) is 47.4 Å². The second-order valence-electron chi connectivity index (χ2n) is 5.03. The number of hydrogen-bond acceptors (Lipinski definition) is 4. The Bertz CT molecular complexity index is 792. The van der Waals surface area contributed by atoms with Crippen LogP contribution in [0.1, 0.15) is 0 Å². The molecule has 0 amide bonds. The molecule has 130 valence electrons. The quantitative estimate of drug-likeness (QED) is 0.715. The molecule has 0 bridgehead atoms. The number of hydrogen-bond donors (Lipinski definition) is 0. The Morgan fingerprint density at radius 1 is 0.958 bits per heavy atom. The highest BCUT2D eigenvalue weighted by Gasteiger charge is 2.16. The van der Waals surface area contributed by atoms with Crippen LogP contribution in [0.2, 0.25) is 0 Å². The molecule has 0 unspecified atom stereocenters. The molecule has 0 aliphatic carbocycles. The van der Waals surface area contributed by atoms with Gasteiger partial charge in [-0.2, -0.15) is 0 Å². The first kappa shape index (κ1) is 18.2. The molecule has 0 heterocycles. The minimum atomic E-state index is -3.48. The monoisotopic (exact) mass is 357 g/mol. The molecule has 0 fully saturated rings. The van der Waals surface area contributed by atoms with Gasteiger partial charge >= 0.3 is 0 Å². The molecule has 0 saturated carbocycles. The number of halogens is 2. The summed E-state index contributed by atoms with van der Waals surface area (Å²) in [6.45, 7) is 0.177. The third kappa shape index (κ3) is 4.42. The second-order valence-corrected chi connectivity index (χ2v) is 7.18. The molecule has 2 aromatic rings. The van der Waals surface area contributed by atoms with Crippen molar-refractivity contribution >= 4 is 10.0 Å². The van der Waals surface area contributed by atoms with E-state index in [1.54, 1.807) is 0 Å². The van der Waals surface area contributed by atoms with E-state index in [-0.39, 0.29) is 23.9 Å². The molecule has 8 heteroatoms. The zero-order valence-electron chi connectivity index (χ0n) is 13.2. The van der Waals surface area contributed by atoms with Crippen molar-refractivity contribution in [3.05, 3.63) is 54.1 Å². The highest BCUT2D eigenvalue weighted by atomic mass is 32.2. The fourth-order valence-electron chi connectivity index (χ4n) is 1.82. The molecule has 0 aliphatic heterocycles. The Balaban J connectivity index is 1.87. The number of nitrogens with zero attached hydrogens (tertiary/aromatic N) is 1. The minimum Gasteiger partial charge on any atom is -0.490 e. The van der Waals surface area contributed by atoms with Crippen molar-refractivity contribution in [3.63, 3.8) is 0 Å². The lowest BCUT2D eigenvalue weighted by molar-refractivity contribution is 0.211. The van der Waals surface area contributed by atoms with Gasteiger partial charge < -0.3 is 9.47 Å². The van der Waals surface area contributed by atoms with E-state index in [1.807, 2.05) is 0 Å². The average molecular weight is 357 g/mol. The fraction of sp³-hybridized carbons (Fsp3) is 0.250. The first-order valence-electron chi connectivity index (χ1n) is 7.04. The number of benzene rings is 2. The lowest BCUT2D eigenvalue weighted by Crippen LogP contribution is -2.22. The van der Waals surface area contributed by atoms with Crippen LogP contribution < -0.4 is 9.47 Å². The predicted molar refractivity (Wildman–Crippen MR) is 84.7 cm³/mol. The Kier molecular flexibility index (Phi) is 5.74. The molecule has 0 spiro atoms. The van der Waals surface area contributed by atoms with Gasteiger partial charge in [-0.25, -0.2) is 21.5 Å². The van der Waals surface area contributed by atoms with Crippen molar-refractivity contribution in [1.29, 1.82) is 0 Å². The zero-order valence-corrected chi connectivity index (χ0v) is 14.0. The summed E-state index contributed by atoms with van der Waals surface area (Å²) in [6.07, 6.45) is 0. The van der Waals surface area contributed by atoms with Gasteiger partial charge in [0.1, 0.15) is 24.8 Å². The third-order valence-corrected chi connectivity index (χ3v) is 4.94. The van der Waals surface area contributed by atoms with E-state index >= 15 is 0 Å². The minimum absolute atomic E-state index is 0.0559. The second kappa shape index (κ2) is 7.59. The summed E-state index contributed by atoms with van der Waals surface area (Å²) in [6, 6.07) is 8.95. The first-order valence-corrected chi connectivity index (χ1v) is 8.48. The van der Waals surface area contributed by atoms with Crippen molar-refractivity contribution in [1.82, 2.24) is 4.31 Å². The van der Waals surface area contributed by atoms with Crippen molar-refractivity contribution in [3.8, 4) is 11.5 Å². The number of ether oxygens (including phenoxy) is 2. The van der Waals surface area contributed by atoms with Crippen LogP contribution in [0.4, 0.5) is 8.78 Å². The van der Waals surface area contributed by atoms with Gasteiger partial charge in [-0.1, -0.05) is 0 Å². The summed E-state index contributed by atoms with van der Waals surface area (Å²) in [5, 5.41) is 0. The van der Waals surface area contributed by atoms with E-state index in [0.717, 1.165) is 16.4 Å². The van der Waals surface area contributed by atoms with Gasteiger partial charge in [-0.3, -0.25) is 0 Å². The SMILES string of the molecule is CN(C)S(=O)(=O)c1ccc(OCCOc2ccc(F)cc2F)cc1. The highest BCUT2D eigenvalue weighted by Crippen LogP contribution is 2.19. The molecule has 2 aromatic carbocycles. The standard InChI is InChI=1S/C16H17F2NO4S/c1-19(2)24(20,21)14-6-4-13(5-7-14)22-9-10-23-16-8-3-12(17)11-15(16)18/h3-8,11H,9-10H2,1-2H3. The Hall–Kier alpha value is -2.19. The summed E-state index contributed by atoms with van der Waals surface area (Å²) >= 11 is 0. The highest BCUT2D eigenvalue weighted by molar-refractivity contribution is 7.89. The normalized spacial score (nSPS) is 11.5. The maximum absolute atomic E-state index is 13.4. The van der Waals surface area contributed by atoms with Gasteiger partial charge in [-0.05, 0) is 36.4 Å². The topological polar surface area (TPSA) is 55.8 Å². The molecule has 0 radical (unpaired) electrons. The smallest absolute Gasteiger partial charge is 0.242 e. The number of sulfonamides is 1. The van der Waals surface area contributed by atoms with Gasteiger partial charge in [0, 0.05) is 20.2 Å². The molecule has 0 aliphatic rings. The van der Waals surface area contributed by atoms with Crippen molar-refractivity contribution in [2.24, 2.45) is 0 Å². The van der Waals surface area contributed by atoms with Gasteiger partial charge in [0.15, 0.2) is 11.6 Å². The van der Waals surface area contributed by atoms with Crippen molar-refractivity contribution in [2.75, 3.05) is 27.3 Å². The van der Waals surface area contributed by atoms with E-state index in [2.05, 4.69) is 0 Å². The first-order chi connectivity index (χ1) is 11.3. The molecule has 2 rings (SSSR count). The molecular weight excluding hydrogens is 340 g/mol. The Morgan fingerprint density at radius 3 is 2.17 bits per heavy atom. The third-order valence-electron chi connectivity index (χ3n) is 3.11. The summed E-state index contributed by atoms with van der Waals surface area (Å²) in [5.41, 5.74) is 0. The van der Waals surface area contributed by atoms with Crippen LogP contribution in [0.25, 0.3) is 0 Å². The molecule has 24 heavy (non-hydrogen) atoms. The van der Waals surface area contributed by atoms with Crippen LogP contribution >= 0.6 is 0 Å². The lowest BCUT2D eigenvalue weighted by atomic mass is 10.3. The predicted octanol–water partition coefficient (Wildman–Crippen LogP) is 2.67. The van der Waals surface area contributed by atoms with Gasteiger partial charge in [0.2, 0.25) is 10.0 Å². The van der Waals surface area contributed by atoms with E-state index in [9.17, 15) is 17.2 Å².